The number of aromatic nitrogens is 2. The van der Waals surface area contributed by atoms with Crippen molar-refractivity contribution in [3.05, 3.63) is 46.6 Å². The van der Waals surface area contributed by atoms with Crippen LogP contribution in [0, 0.1) is 12.8 Å². The topological polar surface area (TPSA) is 53.1 Å². The van der Waals surface area contributed by atoms with Crippen molar-refractivity contribution in [2.24, 2.45) is 5.92 Å². The molecule has 1 aromatic heterocycles. The van der Waals surface area contributed by atoms with Crippen LogP contribution in [-0.4, -0.2) is 36.6 Å². The average Bonchev–Trinajstić information content (AvgIpc) is 2.76. The Bertz CT molecular complexity index is 822. The van der Waals surface area contributed by atoms with Crippen molar-refractivity contribution in [3.8, 4) is 0 Å². The maximum atomic E-state index is 4.90. The highest BCUT2D eigenvalue weighted by molar-refractivity contribution is 5.52. The van der Waals surface area contributed by atoms with Gasteiger partial charge in [-0.15, -0.1) is 0 Å². The van der Waals surface area contributed by atoms with E-state index in [1.54, 1.807) is 0 Å². The second kappa shape index (κ2) is 9.78. The molecule has 2 aromatic rings. The number of hydrogen-bond acceptors (Lipinski definition) is 5. The Hall–Kier alpha value is -2.14. The summed E-state index contributed by atoms with van der Waals surface area (Å²) in [6, 6.07) is 9.33. The molecule has 1 saturated carbocycles. The zero-order valence-corrected chi connectivity index (χ0v) is 18.9. The molecule has 0 bridgehead atoms. The Balaban J connectivity index is 1.26. The van der Waals surface area contributed by atoms with Gasteiger partial charge in [-0.3, -0.25) is 0 Å². The van der Waals surface area contributed by atoms with Crippen LogP contribution in [0.1, 0.15) is 60.9 Å². The molecule has 5 heteroatoms. The third-order valence-corrected chi connectivity index (χ3v) is 6.65. The molecule has 2 N–H and O–H groups in total. The van der Waals surface area contributed by atoms with Crippen molar-refractivity contribution in [1.82, 2.24) is 15.3 Å². The Kier molecular flexibility index (Phi) is 6.88. The minimum Gasteiger partial charge on any atom is -0.362 e. The van der Waals surface area contributed by atoms with E-state index in [0.29, 0.717) is 6.04 Å². The maximum absolute atomic E-state index is 4.90. The first-order valence-corrected chi connectivity index (χ1v) is 11.7. The van der Waals surface area contributed by atoms with Crippen LogP contribution in [0.15, 0.2) is 24.3 Å². The average molecular weight is 408 g/mol. The van der Waals surface area contributed by atoms with Crippen LogP contribution in [0.4, 0.5) is 11.8 Å². The molecule has 0 aliphatic heterocycles. The third-order valence-electron chi connectivity index (χ3n) is 6.65. The molecule has 0 unspecified atom stereocenters. The Morgan fingerprint density at radius 1 is 0.967 bits per heavy atom. The molecule has 4 rings (SSSR count). The molecule has 1 aromatic carbocycles. The summed E-state index contributed by atoms with van der Waals surface area (Å²) in [6.07, 6.45) is 9.65. The van der Waals surface area contributed by atoms with Gasteiger partial charge in [-0.1, -0.05) is 29.8 Å². The van der Waals surface area contributed by atoms with E-state index in [-0.39, 0.29) is 0 Å². The van der Waals surface area contributed by atoms with Crippen molar-refractivity contribution in [2.75, 3.05) is 30.9 Å². The second-order valence-corrected chi connectivity index (χ2v) is 9.38. The fourth-order valence-electron chi connectivity index (χ4n) is 4.83. The first-order valence-electron chi connectivity index (χ1n) is 11.7. The van der Waals surface area contributed by atoms with Crippen molar-refractivity contribution in [1.29, 1.82) is 0 Å². The normalized spacial score (nSPS) is 21.2. The lowest BCUT2D eigenvalue weighted by atomic mass is 9.86. The number of anilines is 2. The quantitative estimate of drug-likeness (QED) is 0.708. The Morgan fingerprint density at radius 2 is 1.70 bits per heavy atom. The lowest BCUT2D eigenvalue weighted by Crippen LogP contribution is -2.32. The SMILES string of the molecule is Cc1ccc(CNC[C@H]2CC[C@@H](Nc3nc4c(c(N(C)C)n3)CCCC4)CC2)cc1. The molecule has 0 radical (unpaired) electrons. The number of hydrogen-bond donors (Lipinski definition) is 2. The van der Waals surface area contributed by atoms with Gasteiger partial charge in [0.1, 0.15) is 5.82 Å². The summed E-state index contributed by atoms with van der Waals surface area (Å²) in [7, 11) is 4.19. The summed E-state index contributed by atoms with van der Waals surface area (Å²) in [5.41, 5.74) is 5.32. The van der Waals surface area contributed by atoms with Gasteiger partial charge in [-0.05, 0) is 76.3 Å². The first-order chi connectivity index (χ1) is 14.6. The zero-order valence-electron chi connectivity index (χ0n) is 18.9. The third kappa shape index (κ3) is 5.31. The molecule has 0 amide bonds. The standard InChI is InChI=1S/C25H37N5/c1-18-8-10-19(11-9-18)16-26-17-20-12-14-21(15-13-20)27-25-28-23-7-5-4-6-22(23)24(29-25)30(2)3/h8-11,20-21,26H,4-7,12-17H2,1-3H3,(H,27,28,29)/t20-,21+. The summed E-state index contributed by atoms with van der Waals surface area (Å²) in [5, 5.41) is 7.32. The van der Waals surface area contributed by atoms with Gasteiger partial charge in [-0.25, -0.2) is 4.98 Å². The Morgan fingerprint density at radius 3 is 2.43 bits per heavy atom. The van der Waals surface area contributed by atoms with Crippen LogP contribution in [-0.2, 0) is 19.4 Å². The zero-order chi connectivity index (χ0) is 20.9. The number of nitrogens with zero attached hydrogens (tertiary/aromatic N) is 3. The highest BCUT2D eigenvalue weighted by Crippen LogP contribution is 2.30. The molecule has 0 atom stereocenters. The second-order valence-electron chi connectivity index (χ2n) is 9.38. The number of aryl methyl sites for hydroxylation is 2. The molecule has 0 spiro atoms. The highest BCUT2D eigenvalue weighted by atomic mass is 15.2. The first kappa shape index (κ1) is 21.1. The van der Waals surface area contributed by atoms with Crippen molar-refractivity contribution >= 4 is 11.8 Å². The van der Waals surface area contributed by atoms with E-state index in [2.05, 4.69) is 60.8 Å². The van der Waals surface area contributed by atoms with Gasteiger partial charge in [0.25, 0.3) is 0 Å². The predicted octanol–water partition coefficient (Wildman–Crippen LogP) is 4.49. The Labute approximate surface area is 181 Å². The van der Waals surface area contributed by atoms with Gasteiger partial charge < -0.3 is 15.5 Å². The van der Waals surface area contributed by atoms with Crippen molar-refractivity contribution in [3.63, 3.8) is 0 Å². The van der Waals surface area contributed by atoms with E-state index in [1.165, 1.54) is 60.9 Å². The van der Waals surface area contributed by atoms with Crippen molar-refractivity contribution in [2.45, 2.75) is 70.9 Å². The minimum atomic E-state index is 0.495. The van der Waals surface area contributed by atoms with Gasteiger partial charge in [0.2, 0.25) is 5.95 Å². The molecular weight excluding hydrogens is 370 g/mol. The minimum absolute atomic E-state index is 0.495. The smallest absolute Gasteiger partial charge is 0.225 e. The van der Waals surface area contributed by atoms with E-state index in [9.17, 15) is 0 Å². The van der Waals surface area contributed by atoms with Crippen LogP contribution < -0.4 is 15.5 Å². The van der Waals surface area contributed by atoms with Gasteiger partial charge in [-0.2, -0.15) is 4.98 Å². The van der Waals surface area contributed by atoms with E-state index in [1.807, 2.05) is 0 Å². The van der Waals surface area contributed by atoms with E-state index in [4.69, 9.17) is 9.97 Å². The summed E-state index contributed by atoms with van der Waals surface area (Å²) in [5.74, 6) is 2.71. The van der Waals surface area contributed by atoms with Crippen LogP contribution in [0.25, 0.3) is 0 Å². The van der Waals surface area contributed by atoms with E-state index >= 15 is 0 Å². The van der Waals surface area contributed by atoms with Crippen LogP contribution in [0.3, 0.4) is 0 Å². The number of benzene rings is 1. The van der Waals surface area contributed by atoms with Crippen LogP contribution in [0.2, 0.25) is 0 Å². The lowest BCUT2D eigenvalue weighted by Gasteiger charge is -2.30. The fraction of sp³-hybridized carbons (Fsp3) is 0.600. The van der Waals surface area contributed by atoms with Gasteiger partial charge >= 0.3 is 0 Å². The monoisotopic (exact) mass is 407 g/mol. The number of fused-ring (bicyclic) bond motifs is 1. The van der Waals surface area contributed by atoms with E-state index in [0.717, 1.165) is 43.6 Å². The fourth-order valence-corrected chi connectivity index (χ4v) is 4.83. The van der Waals surface area contributed by atoms with Gasteiger partial charge in [0, 0.05) is 32.2 Å². The molecule has 2 aliphatic carbocycles. The number of nitrogens with one attached hydrogen (secondary N) is 2. The summed E-state index contributed by atoms with van der Waals surface area (Å²) in [4.78, 5) is 11.9. The molecule has 30 heavy (non-hydrogen) atoms. The molecule has 1 fully saturated rings. The lowest BCUT2D eigenvalue weighted by molar-refractivity contribution is 0.323. The molecule has 2 aliphatic rings. The summed E-state index contributed by atoms with van der Waals surface area (Å²) >= 11 is 0. The predicted molar refractivity (Wildman–Crippen MR) is 125 cm³/mol. The maximum Gasteiger partial charge on any atom is 0.225 e. The van der Waals surface area contributed by atoms with E-state index < -0.39 is 0 Å². The van der Waals surface area contributed by atoms with Crippen LogP contribution >= 0.6 is 0 Å². The highest BCUT2D eigenvalue weighted by Gasteiger charge is 2.23. The summed E-state index contributed by atoms with van der Waals surface area (Å²) < 4.78 is 0. The van der Waals surface area contributed by atoms with Crippen molar-refractivity contribution < 1.29 is 0 Å². The van der Waals surface area contributed by atoms with Gasteiger partial charge in [0.15, 0.2) is 0 Å². The largest absolute Gasteiger partial charge is 0.362 e. The molecule has 162 valence electrons. The summed E-state index contributed by atoms with van der Waals surface area (Å²) in [6.45, 7) is 4.22. The van der Waals surface area contributed by atoms with Gasteiger partial charge in [0.05, 0.1) is 5.69 Å². The molecule has 1 heterocycles. The van der Waals surface area contributed by atoms with Crippen LogP contribution in [0.5, 0.6) is 0 Å². The molecular formula is C25H37N5. The molecule has 5 nitrogen and oxygen atoms in total. The number of rotatable bonds is 7. The molecule has 0 saturated heterocycles.